The highest BCUT2D eigenvalue weighted by atomic mass is 32.1. The fourth-order valence-electron chi connectivity index (χ4n) is 1.19. The third kappa shape index (κ3) is 4.41. The van der Waals surface area contributed by atoms with E-state index in [2.05, 4.69) is 16.4 Å². The number of nitrogens with zero attached hydrogens (tertiary/aromatic N) is 2. The van der Waals surface area contributed by atoms with Crippen molar-refractivity contribution in [1.29, 1.82) is 0 Å². The summed E-state index contributed by atoms with van der Waals surface area (Å²) in [7, 11) is 0. The van der Waals surface area contributed by atoms with Crippen molar-refractivity contribution in [3.8, 4) is 6.07 Å². The van der Waals surface area contributed by atoms with Crippen LogP contribution in [0.2, 0.25) is 0 Å². The van der Waals surface area contributed by atoms with Crippen molar-refractivity contribution in [2.45, 2.75) is 6.61 Å². The molecule has 1 heterocycles. The number of carbonyl (C=O) groups excluding carboxylic acids is 1. The lowest BCUT2D eigenvalue weighted by atomic mass is 10.3. The van der Waals surface area contributed by atoms with Crippen LogP contribution in [0.1, 0.15) is 4.88 Å². The maximum Gasteiger partial charge on any atom is 0.459 e. The van der Waals surface area contributed by atoms with E-state index in [1.54, 1.807) is 0 Å². The van der Waals surface area contributed by atoms with Gasteiger partial charge in [0.15, 0.2) is 0 Å². The van der Waals surface area contributed by atoms with Crippen LogP contribution >= 0.6 is 11.3 Å². The molecule has 0 amide bonds. The summed E-state index contributed by atoms with van der Waals surface area (Å²) in [5, 5.41) is 1.89. The van der Waals surface area contributed by atoms with Crippen molar-refractivity contribution in [2.24, 2.45) is 0 Å². The van der Waals surface area contributed by atoms with E-state index >= 15 is 0 Å². The second-order valence-corrected chi connectivity index (χ2v) is 4.48. The zero-order valence-corrected chi connectivity index (χ0v) is 10.6. The molecule has 0 atom stereocenters. The molecule has 0 bridgehead atoms. The van der Waals surface area contributed by atoms with Crippen LogP contribution < -0.4 is 0 Å². The number of rotatable bonds is 3. The van der Waals surface area contributed by atoms with Crippen LogP contribution in [-0.2, 0) is 16.1 Å². The molecule has 19 heavy (non-hydrogen) atoms. The highest BCUT2D eigenvalue weighted by Crippen LogP contribution is 2.18. The molecule has 0 N–H and O–H groups in total. The molecule has 2 aromatic rings. The van der Waals surface area contributed by atoms with E-state index < -0.39 is 5.97 Å². The van der Waals surface area contributed by atoms with Crippen molar-refractivity contribution >= 4 is 23.0 Å². The number of carbonyl (C=O) groups is 1. The highest BCUT2D eigenvalue weighted by molar-refractivity contribution is 7.09. The summed E-state index contributed by atoms with van der Waals surface area (Å²) in [4.78, 5) is 15.6. The lowest BCUT2D eigenvalue weighted by Gasteiger charge is -1.99. The summed E-state index contributed by atoms with van der Waals surface area (Å²) in [6.07, 6.45) is 0. The zero-order chi connectivity index (χ0) is 13.5. The molecule has 6 heteroatoms. The lowest BCUT2D eigenvalue weighted by molar-refractivity contribution is -0.137. The first-order chi connectivity index (χ1) is 9.24. The molecular formula is C13H9FN2O2S. The van der Waals surface area contributed by atoms with Gasteiger partial charge in [-0.25, -0.2) is 9.18 Å². The molecule has 0 saturated carbocycles. The van der Waals surface area contributed by atoms with Gasteiger partial charge in [-0.05, 0) is 23.6 Å². The first-order valence-electron chi connectivity index (χ1n) is 5.35. The second-order valence-electron chi connectivity index (χ2n) is 3.44. The highest BCUT2D eigenvalue weighted by Gasteiger charge is 2.05. The van der Waals surface area contributed by atoms with Crippen LogP contribution in [0, 0.1) is 11.9 Å². The molecule has 1 aromatic heterocycles. The van der Waals surface area contributed by atoms with Crippen LogP contribution in [0.25, 0.3) is 10.4 Å². The number of thiophene rings is 1. The first-order valence-corrected chi connectivity index (χ1v) is 6.23. The average Bonchev–Trinajstić information content (AvgIpc) is 2.92. The Balaban J connectivity index is 1.79. The van der Waals surface area contributed by atoms with E-state index in [-0.39, 0.29) is 12.4 Å². The maximum atomic E-state index is 12.6. The smallest absolute Gasteiger partial charge is 0.446 e. The van der Waals surface area contributed by atoms with Gasteiger partial charge in [-0.15, -0.1) is 11.3 Å². The second kappa shape index (κ2) is 6.52. The minimum absolute atomic E-state index is 0.190. The Labute approximate surface area is 113 Å². The summed E-state index contributed by atoms with van der Waals surface area (Å²) in [5.41, 5.74) is 4.11. The Morgan fingerprint density at radius 2 is 2.16 bits per heavy atom. The number of hydrogen-bond acceptors (Lipinski definition) is 3. The van der Waals surface area contributed by atoms with E-state index in [1.165, 1.54) is 35.6 Å². The number of esters is 1. The van der Waals surface area contributed by atoms with E-state index in [0.29, 0.717) is 5.69 Å². The van der Waals surface area contributed by atoms with Gasteiger partial charge in [-0.2, -0.15) is 0 Å². The Morgan fingerprint density at radius 1 is 1.37 bits per heavy atom. The standard InChI is InChI=1S/C13H9FN2O2S/c14-10-3-5-11(6-4-10)16-15-8-13(17)18-9-12-2-1-7-19-12/h1-7H,9H2. The van der Waals surface area contributed by atoms with Crippen LogP contribution in [0.15, 0.2) is 41.8 Å². The molecular weight excluding hydrogens is 267 g/mol. The Hall–Kier alpha value is -2.39. The topological polar surface area (TPSA) is 44.8 Å². The SMILES string of the molecule is O=C(C#[N+][N-]c1ccc(F)cc1)OCc1cccs1. The van der Waals surface area contributed by atoms with Gasteiger partial charge in [-0.1, -0.05) is 28.8 Å². The fraction of sp³-hybridized carbons (Fsp3) is 0.0769. The van der Waals surface area contributed by atoms with Crippen molar-refractivity contribution in [3.05, 3.63) is 62.9 Å². The van der Waals surface area contributed by atoms with Crippen molar-refractivity contribution < 1.29 is 13.9 Å². The van der Waals surface area contributed by atoms with Crippen LogP contribution in [0.3, 0.4) is 0 Å². The zero-order valence-electron chi connectivity index (χ0n) is 9.75. The maximum absolute atomic E-state index is 12.6. The van der Waals surface area contributed by atoms with Gasteiger partial charge >= 0.3 is 12.0 Å². The van der Waals surface area contributed by atoms with Gasteiger partial charge in [0.1, 0.15) is 12.4 Å². The Bertz CT molecular complexity index is 600. The molecule has 0 aliphatic heterocycles. The first kappa shape index (κ1) is 13.1. The van der Waals surface area contributed by atoms with Crippen LogP contribution in [0.5, 0.6) is 0 Å². The van der Waals surface area contributed by atoms with Gasteiger partial charge in [0.2, 0.25) is 0 Å². The molecule has 0 fully saturated rings. The van der Waals surface area contributed by atoms with Crippen LogP contribution in [0.4, 0.5) is 10.1 Å². The summed E-state index contributed by atoms with van der Waals surface area (Å²) in [5.74, 6) is -1.05. The van der Waals surface area contributed by atoms with Gasteiger partial charge in [0.25, 0.3) is 0 Å². The number of halogens is 1. The largest absolute Gasteiger partial charge is 0.459 e. The molecule has 2 rings (SSSR count). The molecule has 96 valence electrons. The minimum atomic E-state index is -0.695. The van der Waals surface area contributed by atoms with Crippen molar-refractivity contribution in [1.82, 2.24) is 0 Å². The lowest BCUT2D eigenvalue weighted by Crippen LogP contribution is -1.99. The van der Waals surface area contributed by atoms with Gasteiger partial charge in [0, 0.05) is 4.88 Å². The molecule has 0 spiro atoms. The average molecular weight is 276 g/mol. The quantitative estimate of drug-likeness (QED) is 0.485. The third-order valence-corrected chi connectivity index (χ3v) is 2.91. The molecule has 0 aliphatic rings. The molecule has 0 unspecified atom stereocenters. The summed E-state index contributed by atoms with van der Waals surface area (Å²) < 4.78 is 17.5. The van der Waals surface area contributed by atoms with E-state index in [4.69, 9.17) is 4.74 Å². The Morgan fingerprint density at radius 3 is 2.84 bits per heavy atom. The predicted molar refractivity (Wildman–Crippen MR) is 70.8 cm³/mol. The summed E-state index contributed by atoms with van der Waals surface area (Å²) in [6, 6.07) is 11.2. The predicted octanol–water partition coefficient (Wildman–Crippen LogP) is 3.88. The fourth-order valence-corrected chi connectivity index (χ4v) is 1.81. The molecule has 0 saturated heterocycles. The minimum Gasteiger partial charge on any atom is -0.446 e. The van der Waals surface area contributed by atoms with Crippen LogP contribution in [-0.4, -0.2) is 5.97 Å². The molecule has 1 aromatic carbocycles. The van der Waals surface area contributed by atoms with Crippen molar-refractivity contribution in [2.75, 3.05) is 0 Å². The molecule has 4 nitrogen and oxygen atoms in total. The summed E-state index contributed by atoms with van der Waals surface area (Å²) >= 11 is 1.49. The van der Waals surface area contributed by atoms with Gasteiger partial charge in [-0.3, -0.25) is 5.43 Å². The number of benzene rings is 1. The van der Waals surface area contributed by atoms with E-state index in [1.807, 2.05) is 17.5 Å². The third-order valence-electron chi connectivity index (χ3n) is 2.06. The molecule has 0 aliphatic carbocycles. The Kier molecular flexibility index (Phi) is 4.48. The van der Waals surface area contributed by atoms with E-state index in [9.17, 15) is 9.18 Å². The molecule has 0 radical (unpaired) electrons. The van der Waals surface area contributed by atoms with Crippen molar-refractivity contribution in [3.63, 3.8) is 0 Å². The number of hydrogen-bond donors (Lipinski definition) is 0. The monoisotopic (exact) mass is 276 g/mol. The van der Waals surface area contributed by atoms with Gasteiger partial charge in [0.05, 0.1) is 0 Å². The van der Waals surface area contributed by atoms with E-state index in [0.717, 1.165) is 4.88 Å². The normalized spacial score (nSPS) is 9.32. The number of ether oxygens (including phenoxy) is 1. The summed E-state index contributed by atoms with van der Waals surface area (Å²) in [6.45, 7) is 0.190. The van der Waals surface area contributed by atoms with Gasteiger partial charge < -0.3 is 4.74 Å².